The lowest BCUT2D eigenvalue weighted by molar-refractivity contribution is -0.118. The van der Waals surface area contributed by atoms with Crippen molar-refractivity contribution in [2.45, 2.75) is 13.0 Å². The Hall–Kier alpha value is -4.11. The fourth-order valence-electron chi connectivity index (χ4n) is 2.91. The Morgan fingerprint density at radius 3 is 2.33 bits per heavy atom. The molecule has 6 nitrogen and oxygen atoms in total. The molecule has 3 aromatic rings. The zero-order chi connectivity index (χ0) is 21.3. The van der Waals surface area contributed by atoms with Crippen LogP contribution in [0.2, 0.25) is 0 Å². The molecule has 0 unspecified atom stereocenters. The Morgan fingerprint density at radius 1 is 0.933 bits per heavy atom. The van der Waals surface area contributed by atoms with Crippen molar-refractivity contribution >= 4 is 11.8 Å². The molecule has 150 valence electrons. The number of nitrogens with zero attached hydrogens (tertiary/aromatic N) is 2. The van der Waals surface area contributed by atoms with E-state index in [1.807, 2.05) is 30.3 Å². The number of hydrogen-bond acceptors (Lipinski definition) is 4. The van der Waals surface area contributed by atoms with Gasteiger partial charge in [0.05, 0.1) is 11.6 Å². The Labute approximate surface area is 175 Å². The van der Waals surface area contributed by atoms with Gasteiger partial charge in [-0.2, -0.15) is 5.26 Å². The highest BCUT2D eigenvalue weighted by Crippen LogP contribution is 2.23. The number of hydrogen-bond donors (Lipinski definition) is 1. The second-order valence-electron chi connectivity index (χ2n) is 6.69. The topological polar surface area (TPSA) is 96.4 Å². The lowest BCUT2D eigenvalue weighted by atomic mass is 10.1. The normalized spacial score (nSPS) is 10.1. The molecule has 0 aliphatic rings. The van der Waals surface area contributed by atoms with Crippen LogP contribution in [0, 0.1) is 11.3 Å². The average molecular weight is 399 g/mol. The van der Waals surface area contributed by atoms with E-state index in [4.69, 9.17) is 15.7 Å². The molecule has 30 heavy (non-hydrogen) atoms. The van der Waals surface area contributed by atoms with E-state index in [2.05, 4.69) is 6.07 Å². The smallest absolute Gasteiger partial charge is 0.254 e. The third-order valence-corrected chi connectivity index (χ3v) is 4.43. The van der Waals surface area contributed by atoms with Crippen LogP contribution in [0.4, 0.5) is 0 Å². The quantitative estimate of drug-likeness (QED) is 0.622. The first-order valence-electron chi connectivity index (χ1n) is 9.45. The standard InChI is InChI=1S/C24H21N3O3/c25-16-18-9-11-21(12-10-18)30-22-8-4-7-20(15-22)24(29)27(14-13-23(26)28)17-19-5-2-1-3-6-19/h1-12,15H,13-14,17H2,(H2,26,28). The number of nitriles is 1. The van der Waals surface area contributed by atoms with Crippen LogP contribution in [-0.2, 0) is 11.3 Å². The molecule has 2 amide bonds. The fourth-order valence-corrected chi connectivity index (χ4v) is 2.91. The lowest BCUT2D eigenvalue weighted by Crippen LogP contribution is -2.33. The molecular weight excluding hydrogens is 378 g/mol. The first kappa shape index (κ1) is 20.6. The molecule has 3 rings (SSSR count). The maximum atomic E-state index is 13.1. The molecule has 3 aromatic carbocycles. The minimum Gasteiger partial charge on any atom is -0.457 e. The molecule has 0 heterocycles. The molecule has 0 aliphatic carbocycles. The molecule has 0 radical (unpaired) electrons. The van der Waals surface area contributed by atoms with Crippen LogP contribution in [0.25, 0.3) is 0 Å². The highest BCUT2D eigenvalue weighted by atomic mass is 16.5. The van der Waals surface area contributed by atoms with Crippen molar-refractivity contribution in [3.63, 3.8) is 0 Å². The van der Waals surface area contributed by atoms with Gasteiger partial charge in [0.1, 0.15) is 11.5 Å². The van der Waals surface area contributed by atoms with Crippen LogP contribution >= 0.6 is 0 Å². The van der Waals surface area contributed by atoms with E-state index < -0.39 is 5.91 Å². The van der Waals surface area contributed by atoms with Gasteiger partial charge in [0.25, 0.3) is 5.91 Å². The van der Waals surface area contributed by atoms with Gasteiger partial charge < -0.3 is 15.4 Å². The lowest BCUT2D eigenvalue weighted by Gasteiger charge is -2.22. The van der Waals surface area contributed by atoms with Gasteiger partial charge in [-0.15, -0.1) is 0 Å². The molecule has 0 saturated carbocycles. The number of carbonyl (C=O) groups excluding carboxylic acids is 2. The van der Waals surface area contributed by atoms with E-state index in [9.17, 15) is 9.59 Å². The molecular formula is C24H21N3O3. The molecule has 0 bridgehead atoms. The first-order chi connectivity index (χ1) is 14.5. The Kier molecular flexibility index (Phi) is 6.80. The first-order valence-corrected chi connectivity index (χ1v) is 9.45. The molecule has 2 N–H and O–H groups in total. The van der Waals surface area contributed by atoms with Crippen molar-refractivity contribution in [2.75, 3.05) is 6.54 Å². The number of nitrogens with two attached hydrogens (primary N) is 1. The van der Waals surface area contributed by atoms with E-state index in [0.717, 1.165) is 5.56 Å². The number of amides is 2. The van der Waals surface area contributed by atoms with Gasteiger partial charge in [-0.1, -0.05) is 36.4 Å². The number of ether oxygens (including phenoxy) is 1. The van der Waals surface area contributed by atoms with Gasteiger partial charge in [-0.3, -0.25) is 9.59 Å². The highest BCUT2D eigenvalue weighted by molar-refractivity contribution is 5.94. The van der Waals surface area contributed by atoms with E-state index in [1.54, 1.807) is 53.4 Å². The molecule has 0 atom stereocenters. The third kappa shape index (κ3) is 5.69. The minimum absolute atomic E-state index is 0.0833. The average Bonchev–Trinajstić information content (AvgIpc) is 2.77. The number of primary amides is 1. The van der Waals surface area contributed by atoms with Crippen LogP contribution in [0.3, 0.4) is 0 Å². The second-order valence-corrected chi connectivity index (χ2v) is 6.69. The summed E-state index contributed by atoms with van der Waals surface area (Å²) in [6, 6.07) is 25.2. The predicted octanol–water partition coefficient (Wildman–Crippen LogP) is 3.87. The van der Waals surface area contributed by atoms with Crippen LogP contribution in [-0.4, -0.2) is 23.3 Å². The monoisotopic (exact) mass is 399 g/mol. The van der Waals surface area contributed by atoms with Gasteiger partial charge in [0.15, 0.2) is 0 Å². The van der Waals surface area contributed by atoms with E-state index in [-0.39, 0.29) is 18.9 Å². The number of carbonyl (C=O) groups is 2. The molecule has 0 aromatic heterocycles. The summed E-state index contributed by atoms with van der Waals surface area (Å²) in [6.07, 6.45) is 0.0833. The summed E-state index contributed by atoms with van der Waals surface area (Å²) in [4.78, 5) is 26.0. The van der Waals surface area contributed by atoms with E-state index >= 15 is 0 Å². The summed E-state index contributed by atoms with van der Waals surface area (Å²) >= 11 is 0. The van der Waals surface area contributed by atoms with Crippen molar-refractivity contribution < 1.29 is 14.3 Å². The summed E-state index contributed by atoms with van der Waals surface area (Å²) in [5.41, 5.74) is 7.23. The Balaban J connectivity index is 1.78. The molecule has 0 spiro atoms. The fraction of sp³-hybridized carbons (Fsp3) is 0.125. The van der Waals surface area contributed by atoms with Gasteiger partial charge in [-0.05, 0) is 48.0 Å². The van der Waals surface area contributed by atoms with Gasteiger partial charge in [0.2, 0.25) is 5.91 Å². The van der Waals surface area contributed by atoms with E-state index in [1.165, 1.54) is 0 Å². The summed E-state index contributed by atoms with van der Waals surface area (Å²) in [7, 11) is 0. The molecule has 0 aliphatic heterocycles. The maximum Gasteiger partial charge on any atom is 0.254 e. The van der Waals surface area contributed by atoms with Crippen molar-refractivity contribution in [2.24, 2.45) is 5.73 Å². The Morgan fingerprint density at radius 2 is 1.67 bits per heavy atom. The second kappa shape index (κ2) is 9.89. The number of rotatable bonds is 8. The predicted molar refractivity (Wildman–Crippen MR) is 113 cm³/mol. The van der Waals surface area contributed by atoms with Crippen LogP contribution in [0.1, 0.15) is 27.9 Å². The van der Waals surface area contributed by atoms with Gasteiger partial charge >= 0.3 is 0 Å². The summed E-state index contributed by atoms with van der Waals surface area (Å²) < 4.78 is 5.81. The van der Waals surface area contributed by atoms with Crippen molar-refractivity contribution in [1.29, 1.82) is 5.26 Å². The van der Waals surface area contributed by atoms with E-state index in [0.29, 0.717) is 29.2 Å². The van der Waals surface area contributed by atoms with Gasteiger partial charge in [-0.25, -0.2) is 0 Å². The maximum absolute atomic E-state index is 13.1. The van der Waals surface area contributed by atoms with Crippen molar-refractivity contribution in [1.82, 2.24) is 4.90 Å². The zero-order valence-electron chi connectivity index (χ0n) is 16.3. The van der Waals surface area contributed by atoms with Crippen molar-refractivity contribution in [3.8, 4) is 17.6 Å². The Bertz CT molecular complexity index is 1060. The summed E-state index contributed by atoms with van der Waals surface area (Å²) in [6.45, 7) is 0.595. The third-order valence-electron chi connectivity index (χ3n) is 4.43. The molecule has 0 fully saturated rings. The zero-order valence-corrected chi connectivity index (χ0v) is 16.3. The SMILES string of the molecule is N#Cc1ccc(Oc2cccc(C(=O)N(CCC(N)=O)Cc3ccccc3)c2)cc1. The summed E-state index contributed by atoms with van der Waals surface area (Å²) in [5.74, 6) is 0.387. The summed E-state index contributed by atoms with van der Waals surface area (Å²) in [5, 5.41) is 8.89. The highest BCUT2D eigenvalue weighted by Gasteiger charge is 2.17. The minimum atomic E-state index is -0.459. The van der Waals surface area contributed by atoms with Crippen molar-refractivity contribution in [3.05, 3.63) is 95.6 Å². The molecule has 6 heteroatoms. The van der Waals surface area contributed by atoms with Crippen LogP contribution in [0.15, 0.2) is 78.9 Å². The van der Waals surface area contributed by atoms with Crippen LogP contribution in [0.5, 0.6) is 11.5 Å². The molecule has 0 saturated heterocycles. The number of benzene rings is 3. The van der Waals surface area contributed by atoms with Gasteiger partial charge in [0, 0.05) is 25.1 Å². The van der Waals surface area contributed by atoms with Crippen LogP contribution < -0.4 is 10.5 Å². The largest absolute Gasteiger partial charge is 0.457 e.